The second-order valence-electron chi connectivity index (χ2n) is 6.05. The summed E-state index contributed by atoms with van der Waals surface area (Å²) in [6.07, 6.45) is 3.05. The van der Waals surface area contributed by atoms with Crippen molar-refractivity contribution in [2.45, 2.75) is 13.0 Å². The SMILES string of the molecule is Cc1cnc(C(=O)N[C@@H](c2ccccc2)c2cc3ccccc3o2)cn1. The maximum absolute atomic E-state index is 12.7. The highest BCUT2D eigenvalue weighted by Crippen LogP contribution is 2.28. The summed E-state index contributed by atoms with van der Waals surface area (Å²) in [5.74, 6) is 0.373. The van der Waals surface area contributed by atoms with Crippen LogP contribution in [0, 0.1) is 6.92 Å². The molecule has 0 saturated heterocycles. The Bertz CT molecular complexity index is 1010. The van der Waals surface area contributed by atoms with Crippen LogP contribution in [-0.2, 0) is 0 Å². The summed E-state index contributed by atoms with van der Waals surface area (Å²) in [4.78, 5) is 21.0. The third-order valence-corrected chi connectivity index (χ3v) is 4.15. The van der Waals surface area contributed by atoms with Crippen molar-refractivity contribution < 1.29 is 9.21 Å². The van der Waals surface area contributed by atoms with Gasteiger partial charge in [-0.1, -0.05) is 48.5 Å². The van der Waals surface area contributed by atoms with Crippen molar-refractivity contribution in [2.24, 2.45) is 0 Å². The summed E-state index contributed by atoms with van der Waals surface area (Å²) >= 11 is 0. The second-order valence-corrected chi connectivity index (χ2v) is 6.05. The van der Waals surface area contributed by atoms with E-state index >= 15 is 0 Å². The Kier molecular flexibility index (Phi) is 4.19. The maximum Gasteiger partial charge on any atom is 0.272 e. The van der Waals surface area contributed by atoms with Crippen molar-refractivity contribution in [3.8, 4) is 0 Å². The Hall–Kier alpha value is -3.47. The molecule has 2 heterocycles. The largest absolute Gasteiger partial charge is 0.459 e. The van der Waals surface area contributed by atoms with Crippen LogP contribution >= 0.6 is 0 Å². The molecule has 0 aliphatic rings. The lowest BCUT2D eigenvalue weighted by molar-refractivity contribution is 0.0934. The molecule has 4 rings (SSSR count). The van der Waals surface area contributed by atoms with Crippen LogP contribution < -0.4 is 5.32 Å². The maximum atomic E-state index is 12.7. The molecule has 5 nitrogen and oxygen atoms in total. The predicted octanol–water partition coefficient (Wildman–Crippen LogP) is 4.05. The molecule has 0 aliphatic carbocycles. The van der Waals surface area contributed by atoms with E-state index in [0.29, 0.717) is 5.76 Å². The van der Waals surface area contributed by atoms with Crippen LogP contribution in [0.5, 0.6) is 0 Å². The molecule has 1 N–H and O–H groups in total. The lowest BCUT2D eigenvalue weighted by atomic mass is 10.0. The van der Waals surface area contributed by atoms with E-state index in [9.17, 15) is 4.79 Å². The molecule has 2 aromatic heterocycles. The van der Waals surface area contributed by atoms with Crippen molar-refractivity contribution in [2.75, 3.05) is 0 Å². The molecular weight excluding hydrogens is 326 g/mol. The Morgan fingerprint density at radius 2 is 1.77 bits per heavy atom. The first-order valence-electron chi connectivity index (χ1n) is 8.33. The zero-order valence-electron chi connectivity index (χ0n) is 14.2. The zero-order valence-corrected chi connectivity index (χ0v) is 14.2. The van der Waals surface area contributed by atoms with Crippen molar-refractivity contribution in [3.63, 3.8) is 0 Å². The van der Waals surface area contributed by atoms with Gasteiger partial charge < -0.3 is 9.73 Å². The molecule has 2 aromatic carbocycles. The van der Waals surface area contributed by atoms with E-state index < -0.39 is 6.04 Å². The molecule has 0 bridgehead atoms. The van der Waals surface area contributed by atoms with E-state index in [-0.39, 0.29) is 11.6 Å². The Labute approximate surface area is 150 Å². The highest BCUT2D eigenvalue weighted by Gasteiger charge is 2.22. The van der Waals surface area contributed by atoms with E-state index in [1.807, 2.05) is 67.6 Å². The highest BCUT2D eigenvalue weighted by atomic mass is 16.3. The number of para-hydroxylation sites is 1. The Morgan fingerprint density at radius 3 is 2.50 bits per heavy atom. The number of hydrogen-bond donors (Lipinski definition) is 1. The zero-order chi connectivity index (χ0) is 17.9. The number of carbonyl (C=O) groups is 1. The fraction of sp³-hybridized carbons (Fsp3) is 0.0952. The number of nitrogens with one attached hydrogen (secondary N) is 1. The van der Waals surface area contributed by atoms with Gasteiger partial charge in [0.1, 0.15) is 23.1 Å². The molecule has 4 aromatic rings. The number of fused-ring (bicyclic) bond motifs is 1. The van der Waals surface area contributed by atoms with Gasteiger partial charge in [0.2, 0.25) is 0 Å². The number of furan rings is 1. The first-order chi connectivity index (χ1) is 12.7. The van der Waals surface area contributed by atoms with E-state index in [2.05, 4.69) is 15.3 Å². The third kappa shape index (κ3) is 3.19. The first kappa shape index (κ1) is 16.0. The van der Waals surface area contributed by atoms with Crippen molar-refractivity contribution >= 4 is 16.9 Å². The van der Waals surface area contributed by atoms with Gasteiger partial charge in [-0.2, -0.15) is 0 Å². The molecule has 1 atom stereocenters. The molecule has 5 heteroatoms. The third-order valence-electron chi connectivity index (χ3n) is 4.15. The number of rotatable bonds is 4. The van der Waals surface area contributed by atoms with Gasteiger partial charge >= 0.3 is 0 Å². The van der Waals surface area contributed by atoms with Crippen LogP contribution in [0.15, 0.2) is 77.5 Å². The van der Waals surface area contributed by atoms with Gasteiger partial charge in [-0.05, 0) is 24.6 Å². The van der Waals surface area contributed by atoms with Crippen LogP contribution in [0.2, 0.25) is 0 Å². The lowest BCUT2D eigenvalue weighted by Crippen LogP contribution is -2.29. The number of aryl methyl sites for hydroxylation is 1. The first-order valence-corrected chi connectivity index (χ1v) is 8.33. The van der Waals surface area contributed by atoms with E-state index in [1.165, 1.54) is 6.20 Å². The van der Waals surface area contributed by atoms with E-state index in [4.69, 9.17) is 4.42 Å². The molecule has 26 heavy (non-hydrogen) atoms. The minimum atomic E-state index is -0.417. The van der Waals surface area contributed by atoms with E-state index in [0.717, 1.165) is 22.2 Å². The van der Waals surface area contributed by atoms with E-state index in [1.54, 1.807) is 6.20 Å². The fourth-order valence-electron chi connectivity index (χ4n) is 2.82. The van der Waals surface area contributed by atoms with Crippen LogP contribution in [0.25, 0.3) is 11.0 Å². The smallest absolute Gasteiger partial charge is 0.272 e. The minimum Gasteiger partial charge on any atom is -0.459 e. The fourth-order valence-corrected chi connectivity index (χ4v) is 2.82. The summed E-state index contributed by atoms with van der Waals surface area (Å²) in [7, 11) is 0. The minimum absolute atomic E-state index is 0.271. The van der Waals surface area contributed by atoms with Crippen LogP contribution in [0.3, 0.4) is 0 Å². The summed E-state index contributed by atoms with van der Waals surface area (Å²) in [5.41, 5.74) is 2.75. The molecule has 128 valence electrons. The van der Waals surface area contributed by atoms with Crippen LogP contribution in [0.1, 0.15) is 33.5 Å². The highest BCUT2D eigenvalue weighted by molar-refractivity contribution is 5.92. The molecular formula is C21H17N3O2. The van der Waals surface area contributed by atoms with Crippen LogP contribution in [0.4, 0.5) is 0 Å². The van der Waals surface area contributed by atoms with Gasteiger partial charge in [0.05, 0.1) is 11.9 Å². The predicted molar refractivity (Wildman–Crippen MR) is 98.7 cm³/mol. The number of aromatic nitrogens is 2. The summed E-state index contributed by atoms with van der Waals surface area (Å²) in [6.45, 7) is 1.83. The Morgan fingerprint density at radius 1 is 1.00 bits per heavy atom. The van der Waals surface area contributed by atoms with Crippen LogP contribution in [-0.4, -0.2) is 15.9 Å². The average Bonchev–Trinajstić information content (AvgIpc) is 3.11. The van der Waals surface area contributed by atoms with Crippen molar-refractivity contribution in [3.05, 3.63) is 95.8 Å². The molecule has 1 amide bonds. The summed E-state index contributed by atoms with van der Waals surface area (Å²) < 4.78 is 5.99. The molecule has 0 spiro atoms. The summed E-state index contributed by atoms with van der Waals surface area (Å²) in [5, 5.41) is 4.00. The van der Waals surface area contributed by atoms with Gasteiger partial charge in [-0.15, -0.1) is 0 Å². The number of benzene rings is 2. The number of carbonyl (C=O) groups excluding carboxylic acids is 1. The molecule has 0 unspecified atom stereocenters. The summed E-state index contributed by atoms with van der Waals surface area (Å²) in [6, 6.07) is 19.0. The standard InChI is InChI=1S/C21H17N3O2/c1-14-12-23-17(13-22-14)21(25)24-20(15-7-3-2-4-8-15)19-11-16-9-5-6-10-18(16)26-19/h2-13,20H,1H3,(H,24,25)/t20-/m0/s1. The Balaban J connectivity index is 1.71. The van der Waals surface area contributed by atoms with Gasteiger partial charge in [0.15, 0.2) is 0 Å². The van der Waals surface area contributed by atoms with Gasteiger partial charge in [-0.3, -0.25) is 9.78 Å². The molecule has 0 aliphatic heterocycles. The van der Waals surface area contributed by atoms with Gasteiger partial charge in [0.25, 0.3) is 5.91 Å². The number of hydrogen-bond acceptors (Lipinski definition) is 4. The number of amides is 1. The second kappa shape index (κ2) is 6.80. The average molecular weight is 343 g/mol. The lowest BCUT2D eigenvalue weighted by Gasteiger charge is -2.17. The van der Waals surface area contributed by atoms with Gasteiger partial charge in [0, 0.05) is 11.6 Å². The topological polar surface area (TPSA) is 68.0 Å². The molecule has 0 radical (unpaired) electrons. The quantitative estimate of drug-likeness (QED) is 0.607. The van der Waals surface area contributed by atoms with Crippen molar-refractivity contribution in [1.82, 2.24) is 15.3 Å². The van der Waals surface area contributed by atoms with Gasteiger partial charge in [-0.25, -0.2) is 4.98 Å². The molecule has 0 fully saturated rings. The van der Waals surface area contributed by atoms with Crippen molar-refractivity contribution in [1.29, 1.82) is 0 Å². The monoisotopic (exact) mass is 343 g/mol. The number of nitrogens with zero attached hydrogens (tertiary/aromatic N) is 2. The normalized spacial score (nSPS) is 12.0. The molecule has 0 saturated carbocycles.